The molecule has 1 saturated carbocycles. The van der Waals surface area contributed by atoms with E-state index in [0.29, 0.717) is 6.42 Å². The summed E-state index contributed by atoms with van der Waals surface area (Å²) < 4.78 is 4.63. The molecule has 0 spiro atoms. The molecule has 0 heterocycles. The zero-order valence-corrected chi connectivity index (χ0v) is 16.6. The van der Waals surface area contributed by atoms with Crippen LogP contribution in [-0.2, 0) is 9.53 Å². The van der Waals surface area contributed by atoms with E-state index >= 15 is 0 Å². The molecule has 0 aromatic rings. The first-order chi connectivity index (χ1) is 12.8. The third kappa shape index (κ3) is 12.5. The molecule has 1 rings (SSSR count). The van der Waals surface area contributed by atoms with E-state index < -0.39 is 0 Å². The number of rotatable bonds is 14. The topological polar surface area (TPSA) is 26.3 Å². The average Bonchev–Trinajstić information content (AvgIpc) is 3.42. The van der Waals surface area contributed by atoms with Crippen molar-refractivity contribution in [2.24, 2.45) is 11.8 Å². The van der Waals surface area contributed by atoms with Gasteiger partial charge < -0.3 is 4.74 Å². The Morgan fingerprint density at radius 1 is 0.885 bits per heavy atom. The number of unbranched alkanes of at least 4 members (excludes halogenated alkanes) is 5. The highest BCUT2D eigenvalue weighted by atomic mass is 16.5. The van der Waals surface area contributed by atoms with Gasteiger partial charge in [-0.05, 0) is 37.5 Å². The highest BCUT2D eigenvalue weighted by molar-refractivity contribution is 5.68. The van der Waals surface area contributed by atoms with E-state index in [1.165, 1.54) is 39.2 Å². The van der Waals surface area contributed by atoms with Crippen LogP contribution >= 0.6 is 0 Å². The Kier molecular flexibility index (Phi) is 13.2. The standard InChI is InChI=1S/C24H36O2/c1-3-22-21-23(22)19-17-15-13-11-9-7-5-4-6-8-10-12-14-16-18-20-24(25)26-2/h4-7,9,11,13,15,17,19,22-23H,3,8,10,12,14,16,18,20-21H2,1-2H3/b6-4+,7-5+,11-9+,15-13+,19-17+. The minimum atomic E-state index is -0.0934. The molecule has 1 fully saturated rings. The lowest BCUT2D eigenvalue weighted by molar-refractivity contribution is -0.140. The molecule has 144 valence electrons. The second-order valence-electron chi connectivity index (χ2n) is 6.92. The molecule has 0 aromatic carbocycles. The monoisotopic (exact) mass is 356 g/mol. The summed E-state index contributed by atoms with van der Waals surface area (Å²) in [6, 6.07) is 0. The van der Waals surface area contributed by atoms with E-state index in [1.54, 1.807) is 0 Å². The molecule has 0 radical (unpaired) electrons. The van der Waals surface area contributed by atoms with Crippen LogP contribution in [0, 0.1) is 11.8 Å². The van der Waals surface area contributed by atoms with Crippen molar-refractivity contribution in [2.45, 2.75) is 64.7 Å². The first-order valence-electron chi connectivity index (χ1n) is 10.2. The van der Waals surface area contributed by atoms with Crippen LogP contribution in [0.25, 0.3) is 0 Å². The molecular formula is C24H36O2. The summed E-state index contributed by atoms with van der Waals surface area (Å²) in [5, 5.41) is 0. The number of esters is 1. The second kappa shape index (κ2) is 15.4. The van der Waals surface area contributed by atoms with Crippen LogP contribution in [-0.4, -0.2) is 13.1 Å². The van der Waals surface area contributed by atoms with Crippen molar-refractivity contribution in [1.82, 2.24) is 0 Å². The van der Waals surface area contributed by atoms with Crippen LogP contribution in [0.3, 0.4) is 0 Å². The summed E-state index contributed by atoms with van der Waals surface area (Å²) in [4.78, 5) is 11.0. The number of ether oxygens (including phenoxy) is 1. The van der Waals surface area contributed by atoms with E-state index in [1.807, 2.05) is 0 Å². The molecule has 0 aromatic heterocycles. The maximum absolute atomic E-state index is 11.0. The first kappa shape index (κ1) is 22.2. The van der Waals surface area contributed by atoms with Crippen molar-refractivity contribution in [3.8, 4) is 0 Å². The normalized spacial score (nSPS) is 20.4. The van der Waals surface area contributed by atoms with Gasteiger partial charge >= 0.3 is 5.97 Å². The number of hydrogen-bond donors (Lipinski definition) is 0. The highest BCUT2D eigenvalue weighted by Crippen LogP contribution is 2.41. The molecular weight excluding hydrogens is 320 g/mol. The minimum absolute atomic E-state index is 0.0934. The molecule has 0 aliphatic heterocycles. The maximum atomic E-state index is 11.0. The average molecular weight is 357 g/mol. The van der Waals surface area contributed by atoms with Gasteiger partial charge in [0.15, 0.2) is 0 Å². The van der Waals surface area contributed by atoms with Gasteiger partial charge in [0.05, 0.1) is 7.11 Å². The van der Waals surface area contributed by atoms with E-state index in [9.17, 15) is 4.79 Å². The van der Waals surface area contributed by atoms with Gasteiger partial charge in [0.2, 0.25) is 0 Å². The lowest BCUT2D eigenvalue weighted by Crippen LogP contribution is -1.98. The van der Waals surface area contributed by atoms with Crippen molar-refractivity contribution in [2.75, 3.05) is 7.11 Å². The van der Waals surface area contributed by atoms with Gasteiger partial charge in [-0.3, -0.25) is 4.79 Å². The number of carbonyl (C=O) groups is 1. The second-order valence-corrected chi connectivity index (χ2v) is 6.92. The van der Waals surface area contributed by atoms with Crippen molar-refractivity contribution < 1.29 is 9.53 Å². The van der Waals surface area contributed by atoms with Crippen molar-refractivity contribution in [1.29, 1.82) is 0 Å². The third-order valence-corrected chi connectivity index (χ3v) is 4.75. The third-order valence-electron chi connectivity index (χ3n) is 4.75. The molecule has 0 bridgehead atoms. The van der Waals surface area contributed by atoms with Crippen LogP contribution in [0.4, 0.5) is 0 Å². The summed E-state index contributed by atoms with van der Waals surface area (Å²) in [7, 11) is 1.45. The van der Waals surface area contributed by atoms with Gasteiger partial charge in [-0.2, -0.15) is 0 Å². The van der Waals surface area contributed by atoms with Crippen LogP contribution in [0.1, 0.15) is 64.7 Å². The fourth-order valence-corrected chi connectivity index (χ4v) is 2.91. The smallest absolute Gasteiger partial charge is 0.305 e. The molecule has 2 heteroatoms. The molecule has 2 nitrogen and oxygen atoms in total. The van der Waals surface area contributed by atoms with Gasteiger partial charge in [0.25, 0.3) is 0 Å². The number of hydrogen-bond acceptors (Lipinski definition) is 2. The van der Waals surface area contributed by atoms with Crippen molar-refractivity contribution in [3.05, 3.63) is 60.8 Å². The van der Waals surface area contributed by atoms with Crippen LogP contribution < -0.4 is 0 Å². The zero-order valence-electron chi connectivity index (χ0n) is 16.6. The summed E-state index contributed by atoms with van der Waals surface area (Å²) in [5.41, 5.74) is 0. The fraction of sp³-hybridized carbons (Fsp3) is 0.542. The summed E-state index contributed by atoms with van der Waals surface area (Å²) in [5.74, 6) is 1.68. The molecule has 1 aliphatic rings. The van der Waals surface area contributed by atoms with Gasteiger partial charge in [0.1, 0.15) is 0 Å². The lowest BCUT2D eigenvalue weighted by Gasteiger charge is -1.99. The highest BCUT2D eigenvalue weighted by Gasteiger charge is 2.32. The summed E-state index contributed by atoms with van der Waals surface area (Å²) >= 11 is 0. The van der Waals surface area contributed by atoms with E-state index in [0.717, 1.165) is 31.1 Å². The number of carbonyl (C=O) groups excluding carboxylic acids is 1. The Bertz CT molecular complexity index is 508. The van der Waals surface area contributed by atoms with Gasteiger partial charge in [-0.15, -0.1) is 0 Å². The Morgan fingerprint density at radius 2 is 1.50 bits per heavy atom. The predicted octanol–water partition coefficient (Wildman–Crippen LogP) is 6.72. The van der Waals surface area contributed by atoms with Gasteiger partial charge in [-0.25, -0.2) is 0 Å². The van der Waals surface area contributed by atoms with Crippen LogP contribution in [0.15, 0.2) is 60.8 Å². The molecule has 0 saturated heterocycles. The van der Waals surface area contributed by atoms with Crippen LogP contribution in [0.5, 0.6) is 0 Å². The largest absolute Gasteiger partial charge is 0.469 e. The molecule has 1 aliphatic carbocycles. The van der Waals surface area contributed by atoms with Crippen molar-refractivity contribution in [3.63, 3.8) is 0 Å². The Hall–Kier alpha value is -1.83. The molecule has 26 heavy (non-hydrogen) atoms. The summed E-state index contributed by atoms with van der Waals surface area (Å²) in [6.07, 6.45) is 31.3. The maximum Gasteiger partial charge on any atom is 0.305 e. The lowest BCUT2D eigenvalue weighted by atomic mass is 10.1. The first-order valence-corrected chi connectivity index (χ1v) is 10.2. The van der Waals surface area contributed by atoms with E-state index in [4.69, 9.17) is 0 Å². The molecule has 0 amide bonds. The minimum Gasteiger partial charge on any atom is -0.469 e. The molecule has 2 unspecified atom stereocenters. The van der Waals surface area contributed by atoms with Gasteiger partial charge in [0, 0.05) is 6.42 Å². The van der Waals surface area contributed by atoms with Crippen LogP contribution in [0.2, 0.25) is 0 Å². The quantitative estimate of drug-likeness (QED) is 0.196. The van der Waals surface area contributed by atoms with Crippen molar-refractivity contribution >= 4 is 5.97 Å². The van der Waals surface area contributed by atoms with E-state index in [-0.39, 0.29) is 5.97 Å². The Labute approximate surface area is 160 Å². The number of methoxy groups -OCH3 is 1. The SMILES string of the molecule is CCC1CC1/C=C/C=C/C=C/C=C/C=C/CCCCCCCC(=O)OC. The Morgan fingerprint density at radius 3 is 2.15 bits per heavy atom. The zero-order chi connectivity index (χ0) is 18.9. The van der Waals surface area contributed by atoms with Gasteiger partial charge in [-0.1, -0.05) is 93.4 Å². The fourth-order valence-electron chi connectivity index (χ4n) is 2.91. The molecule has 2 atom stereocenters. The Balaban J connectivity index is 1.92. The number of allylic oxidation sites excluding steroid dienone is 10. The predicted molar refractivity (Wildman–Crippen MR) is 112 cm³/mol. The van der Waals surface area contributed by atoms with E-state index in [2.05, 4.69) is 72.4 Å². The molecule has 0 N–H and O–H groups in total. The summed E-state index contributed by atoms with van der Waals surface area (Å²) in [6.45, 7) is 2.27.